The summed E-state index contributed by atoms with van der Waals surface area (Å²) in [4.78, 5) is 11.6. The fourth-order valence-electron chi connectivity index (χ4n) is 4.92. The maximum atomic E-state index is 11.6. The van der Waals surface area contributed by atoms with E-state index in [-0.39, 0.29) is 19.1 Å². The van der Waals surface area contributed by atoms with Crippen molar-refractivity contribution in [1.82, 2.24) is 0 Å². The fourth-order valence-corrected chi connectivity index (χ4v) is 4.92. The van der Waals surface area contributed by atoms with E-state index in [1.165, 1.54) is 62.5 Å². The highest BCUT2D eigenvalue weighted by Crippen LogP contribution is 2.38. The second-order valence-electron chi connectivity index (χ2n) is 9.72. The van der Waals surface area contributed by atoms with Gasteiger partial charge >= 0.3 is 5.97 Å². The molecule has 178 valence electrons. The molecule has 3 rings (SSSR count). The Morgan fingerprint density at radius 1 is 1.00 bits per heavy atom. The van der Waals surface area contributed by atoms with E-state index in [0.717, 1.165) is 17.0 Å². The Morgan fingerprint density at radius 2 is 1.61 bits per heavy atom. The van der Waals surface area contributed by atoms with E-state index in [0.29, 0.717) is 11.5 Å². The predicted octanol–water partition coefficient (Wildman–Crippen LogP) is 7.40. The topological polar surface area (TPSA) is 46.5 Å². The zero-order chi connectivity index (χ0) is 23.6. The van der Waals surface area contributed by atoms with E-state index < -0.39 is 5.97 Å². The van der Waals surface area contributed by atoms with Gasteiger partial charge in [0, 0.05) is 11.5 Å². The monoisotopic (exact) mass is 448 g/mol. The summed E-state index contributed by atoms with van der Waals surface area (Å²) in [5, 5.41) is 9.73. The summed E-state index contributed by atoms with van der Waals surface area (Å²) in [6, 6.07) is 17.3. The summed E-state index contributed by atoms with van der Waals surface area (Å²) in [5.41, 5.74) is 5.16. The highest BCUT2D eigenvalue weighted by atomic mass is 16.5. The van der Waals surface area contributed by atoms with Gasteiger partial charge in [0.2, 0.25) is 0 Å². The van der Waals surface area contributed by atoms with Gasteiger partial charge in [-0.3, -0.25) is 0 Å². The maximum Gasteiger partial charge on any atom is 0.333 e. The Hall–Kier alpha value is -2.39. The van der Waals surface area contributed by atoms with Gasteiger partial charge in [0.25, 0.3) is 0 Å². The van der Waals surface area contributed by atoms with Crippen LogP contribution in [0.25, 0.3) is 11.1 Å². The Balaban J connectivity index is 1.55. The summed E-state index contributed by atoms with van der Waals surface area (Å²) >= 11 is 0. The molecule has 1 N–H and O–H groups in total. The largest absolute Gasteiger partial charge is 0.462 e. The maximum absolute atomic E-state index is 11.6. The number of unbranched alkanes of at least 4 members (excludes halogenated alkanes) is 2. The van der Waals surface area contributed by atoms with Crippen molar-refractivity contribution in [2.45, 2.75) is 77.0 Å². The molecule has 3 nitrogen and oxygen atoms in total. The van der Waals surface area contributed by atoms with Gasteiger partial charge in [-0.25, -0.2) is 4.79 Å². The smallest absolute Gasteiger partial charge is 0.333 e. The number of hydrogen-bond acceptors (Lipinski definition) is 3. The highest BCUT2D eigenvalue weighted by Gasteiger charge is 2.22. The van der Waals surface area contributed by atoms with E-state index in [9.17, 15) is 9.90 Å². The van der Waals surface area contributed by atoms with Crippen molar-refractivity contribution < 1.29 is 14.6 Å². The number of ether oxygens (including phenoxy) is 1. The first-order valence-corrected chi connectivity index (χ1v) is 12.7. The lowest BCUT2D eigenvalue weighted by Gasteiger charge is -2.29. The molecule has 0 radical (unpaired) electrons. The lowest BCUT2D eigenvalue weighted by atomic mass is 9.77. The average Bonchev–Trinajstić information content (AvgIpc) is 2.85. The standard InChI is InChI=1S/C30H40O3/c1-4-5-6-7-23-8-10-24(11-9-23)25-12-14-26(15-13-25)27-16-18-28(19-17-27)29(20-31)21-33-30(32)22(2)3/h12-19,23-24,29,31H,2,4-11,20-21H2,1,3H3. The Morgan fingerprint density at radius 3 is 2.15 bits per heavy atom. The molecule has 0 heterocycles. The van der Waals surface area contributed by atoms with Gasteiger partial charge < -0.3 is 9.84 Å². The SMILES string of the molecule is C=C(C)C(=O)OCC(CO)c1ccc(-c2ccc(C3CCC(CCCCC)CC3)cc2)cc1. The number of aliphatic hydroxyl groups is 1. The lowest BCUT2D eigenvalue weighted by Crippen LogP contribution is -2.16. The molecule has 1 unspecified atom stereocenters. The Kier molecular flexibility index (Phi) is 9.75. The molecule has 2 aromatic rings. The minimum absolute atomic E-state index is 0.0711. The second-order valence-corrected chi connectivity index (χ2v) is 9.72. The van der Waals surface area contributed by atoms with Crippen LogP contribution in [0.2, 0.25) is 0 Å². The second kappa shape index (κ2) is 12.7. The van der Waals surface area contributed by atoms with Crippen molar-refractivity contribution in [2.75, 3.05) is 13.2 Å². The van der Waals surface area contributed by atoms with E-state index in [1.54, 1.807) is 6.92 Å². The molecule has 1 saturated carbocycles. The third kappa shape index (κ3) is 7.30. The van der Waals surface area contributed by atoms with Crippen LogP contribution in [0.15, 0.2) is 60.7 Å². The van der Waals surface area contributed by atoms with Gasteiger partial charge in [0.1, 0.15) is 6.61 Å². The fraction of sp³-hybridized carbons (Fsp3) is 0.500. The molecule has 1 fully saturated rings. The molecule has 2 aromatic carbocycles. The van der Waals surface area contributed by atoms with Gasteiger partial charge in [-0.2, -0.15) is 0 Å². The van der Waals surface area contributed by atoms with E-state index in [2.05, 4.69) is 49.9 Å². The number of carbonyl (C=O) groups is 1. The number of esters is 1. The molecular weight excluding hydrogens is 408 g/mol. The van der Waals surface area contributed by atoms with Gasteiger partial charge in [-0.05, 0) is 66.7 Å². The molecule has 0 amide bonds. The number of benzene rings is 2. The van der Waals surface area contributed by atoms with Crippen LogP contribution in [0.5, 0.6) is 0 Å². The van der Waals surface area contributed by atoms with E-state index in [4.69, 9.17) is 4.74 Å². The molecular formula is C30H40O3. The summed E-state index contributed by atoms with van der Waals surface area (Å²) in [7, 11) is 0. The summed E-state index contributed by atoms with van der Waals surface area (Å²) in [6.45, 7) is 7.58. The van der Waals surface area contributed by atoms with Crippen LogP contribution in [0.4, 0.5) is 0 Å². The van der Waals surface area contributed by atoms with Crippen LogP contribution in [0.3, 0.4) is 0 Å². The van der Waals surface area contributed by atoms with Crippen molar-refractivity contribution in [3.63, 3.8) is 0 Å². The molecule has 3 heteroatoms. The summed E-state index contributed by atoms with van der Waals surface area (Å²) < 4.78 is 5.23. The van der Waals surface area contributed by atoms with Crippen LogP contribution in [0.1, 0.15) is 88.2 Å². The number of aliphatic hydroxyl groups excluding tert-OH is 1. The van der Waals surface area contributed by atoms with E-state index in [1.807, 2.05) is 12.1 Å². The van der Waals surface area contributed by atoms with Gasteiger partial charge in [-0.15, -0.1) is 0 Å². The van der Waals surface area contributed by atoms with Gasteiger partial charge in [0.15, 0.2) is 0 Å². The molecule has 0 saturated heterocycles. The first kappa shape index (κ1) is 25.2. The number of carbonyl (C=O) groups excluding carboxylic acids is 1. The van der Waals surface area contributed by atoms with Crippen molar-refractivity contribution in [2.24, 2.45) is 5.92 Å². The first-order chi connectivity index (χ1) is 16.0. The quantitative estimate of drug-likeness (QED) is 0.221. The zero-order valence-corrected chi connectivity index (χ0v) is 20.4. The Bertz CT molecular complexity index is 874. The summed E-state index contributed by atoms with van der Waals surface area (Å²) in [5.74, 6) is 0.991. The molecule has 0 bridgehead atoms. The number of rotatable bonds is 11. The number of hydrogen-bond donors (Lipinski definition) is 1. The van der Waals surface area contributed by atoms with Crippen LogP contribution in [-0.4, -0.2) is 24.3 Å². The van der Waals surface area contributed by atoms with Gasteiger partial charge in [0.05, 0.1) is 6.61 Å². The van der Waals surface area contributed by atoms with Crippen LogP contribution in [-0.2, 0) is 9.53 Å². The van der Waals surface area contributed by atoms with Crippen molar-refractivity contribution in [3.8, 4) is 11.1 Å². The van der Waals surface area contributed by atoms with Crippen LogP contribution >= 0.6 is 0 Å². The van der Waals surface area contributed by atoms with Crippen molar-refractivity contribution in [1.29, 1.82) is 0 Å². The molecule has 0 aliphatic heterocycles. The molecule has 1 atom stereocenters. The lowest BCUT2D eigenvalue weighted by molar-refractivity contribution is -0.139. The van der Waals surface area contributed by atoms with Crippen LogP contribution < -0.4 is 0 Å². The highest BCUT2D eigenvalue weighted by molar-refractivity contribution is 5.86. The van der Waals surface area contributed by atoms with Crippen molar-refractivity contribution in [3.05, 3.63) is 71.8 Å². The third-order valence-corrected chi connectivity index (χ3v) is 7.14. The van der Waals surface area contributed by atoms with Crippen molar-refractivity contribution >= 4 is 5.97 Å². The zero-order valence-electron chi connectivity index (χ0n) is 20.4. The van der Waals surface area contributed by atoms with E-state index >= 15 is 0 Å². The molecule has 0 spiro atoms. The molecule has 33 heavy (non-hydrogen) atoms. The molecule has 1 aliphatic rings. The Labute approximate surface area is 199 Å². The molecule has 0 aromatic heterocycles. The normalized spacial score (nSPS) is 19.1. The first-order valence-electron chi connectivity index (χ1n) is 12.7. The summed E-state index contributed by atoms with van der Waals surface area (Å²) in [6.07, 6.45) is 10.9. The van der Waals surface area contributed by atoms with Crippen LogP contribution in [0, 0.1) is 5.92 Å². The molecule has 1 aliphatic carbocycles. The minimum atomic E-state index is -0.421. The third-order valence-electron chi connectivity index (χ3n) is 7.14. The predicted molar refractivity (Wildman–Crippen MR) is 136 cm³/mol. The van der Waals surface area contributed by atoms with Gasteiger partial charge in [-0.1, -0.05) is 87.7 Å². The minimum Gasteiger partial charge on any atom is -0.462 e. The average molecular weight is 449 g/mol.